The Morgan fingerprint density at radius 2 is 1.89 bits per heavy atom. The van der Waals surface area contributed by atoms with Crippen LogP contribution in [-0.2, 0) is 4.79 Å². The molecule has 0 atom stereocenters. The van der Waals surface area contributed by atoms with Crippen LogP contribution in [0.25, 0.3) is 11.0 Å². The molecule has 0 saturated heterocycles. The minimum absolute atomic E-state index is 0.0832. The number of carbonyl (C=O) groups excluding carboxylic acids is 1. The fourth-order valence-corrected chi connectivity index (χ4v) is 3.27. The predicted octanol–water partition coefficient (Wildman–Crippen LogP) is 4.87. The first-order valence-electron chi connectivity index (χ1n) is 9.46. The second kappa shape index (κ2) is 10.0. The number of amides is 1. The smallest absolute Gasteiger partial charge is 0.234 e. The van der Waals surface area contributed by atoms with Crippen molar-refractivity contribution in [3.63, 3.8) is 0 Å². The zero-order valence-electron chi connectivity index (χ0n) is 16.2. The summed E-state index contributed by atoms with van der Waals surface area (Å²) in [6.07, 6.45) is 2.13. The van der Waals surface area contributed by atoms with E-state index in [1.807, 2.05) is 49.4 Å². The third-order valence-electron chi connectivity index (χ3n) is 3.99. The molecule has 148 valence electrons. The lowest BCUT2D eigenvalue weighted by atomic mass is 10.3. The van der Waals surface area contributed by atoms with Crippen LogP contribution in [0.4, 0.5) is 5.69 Å². The van der Waals surface area contributed by atoms with Crippen molar-refractivity contribution in [1.82, 2.24) is 9.97 Å². The van der Waals surface area contributed by atoms with Crippen LogP contribution < -0.4 is 14.8 Å². The highest BCUT2D eigenvalue weighted by atomic mass is 32.2. The van der Waals surface area contributed by atoms with Gasteiger partial charge in [0, 0.05) is 11.8 Å². The first kappa shape index (κ1) is 20.1. The molecule has 0 saturated carbocycles. The van der Waals surface area contributed by atoms with Crippen LogP contribution in [-0.4, -0.2) is 34.8 Å². The molecule has 0 bridgehead atoms. The summed E-state index contributed by atoms with van der Waals surface area (Å²) >= 11 is 1.37. The highest BCUT2D eigenvalue weighted by Crippen LogP contribution is 2.23. The van der Waals surface area contributed by atoms with Gasteiger partial charge < -0.3 is 19.8 Å². The largest absolute Gasteiger partial charge is 0.494 e. The molecule has 0 fully saturated rings. The molecule has 0 aliphatic rings. The number of nitrogens with zero attached hydrogens (tertiary/aromatic N) is 1. The summed E-state index contributed by atoms with van der Waals surface area (Å²) in [7, 11) is 0. The Balaban J connectivity index is 1.50. The van der Waals surface area contributed by atoms with Crippen LogP contribution in [0.15, 0.2) is 47.6 Å². The van der Waals surface area contributed by atoms with Gasteiger partial charge >= 0.3 is 0 Å². The van der Waals surface area contributed by atoms with Gasteiger partial charge in [-0.15, -0.1) is 0 Å². The summed E-state index contributed by atoms with van der Waals surface area (Å²) in [5, 5.41) is 3.60. The summed E-state index contributed by atoms with van der Waals surface area (Å²) in [5.41, 5.74) is 2.50. The number of benzene rings is 2. The lowest BCUT2D eigenvalue weighted by Crippen LogP contribution is -2.14. The average Bonchev–Trinajstić information content (AvgIpc) is 3.10. The van der Waals surface area contributed by atoms with E-state index in [1.54, 1.807) is 0 Å². The second-order valence-corrected chi connectivity index (χ2v) is 7.18. The minimum Gasteiger partial charge on any atom is -0.494 e. The summed E-state index contributed by atoms with van der Waals surface area (Å²) in [6.45, 7) is 5.41. The third kappa shape index (κ3) is 5.66. The second-order valence-electron chi connectivity index (χ2n) is 6.22. The van der Waals surface area contributed by atoms with Crippen molar-refractivity contribution in [2.24, 2.45) is 0 Å². The van der Waals surface area contributed by atoms with Crippen molar-refractivity contribution < 1.29 is 14.3 Å². The van der Waals surface area contributed by atoms with Crippen molar-refractivity contribution in [3.05, 3.63) is 42.5 Å². The molecule has 0 aliphatic heterocycles. The Hall–Kier alpha value is -2.67. The van der Waals surface area contributed by atoms with Crippen molar-refractivity contribution in [2.75, 3.05) is 24.3 Å². The summed E-state index contributed by atoms with van der Waals surface area (Å²) in [5.74, 6) is 1.80. The van der Waals surface area contributed by atoms with Crippen LogP contribution in [0.2, 0.25) is 0 Å². The van der Waals surface area contributed by atoms with Crippen LogP contribution in [0.5, 0.6) is 11.5 Å². The molecule has 1 amide bonds. The molecule has 2 aromatic carbocycles. The average molecular weight is 400 g/mol. The van der Waals surface area contributed by atoms with Gasteiger partial charge in [0.1, 0.15) is 11.5 Å². The quantitative estimate of drug-likeness (QED) is 0.376. The molecular formula is C21H25N3O3S. The zero-order chi connectivity index (χ0) is 19.8. The summed E-state index contributed by atoms with van der Waals surface area (Å²) < 4.78 is 11.1. The number of nitrogens with one attached hydrogen (secondary N) is 2. The standard InChI is InChI=1S/C21H25N3O3S/c1-3-5-12-27-16-8-6-15(7-9-16)22-20(25)14-28-21-23-18-11-10-17(26-4-2)13-19(18)24-21/h6-11,13H,3-5,12,14H2,1-2H3,(H,22,25)(H,23,24). The molecule has 0 spiro atoms. The van der Waals surface area contributed by atoms with Gasteiger partial charge in [0.05, 0.1) is 30.0 Å². The molecule has 3 rings (SSSR count). The van der Waals surface area contributed by atoms with Crippen molar-refractivity contribution in [2.45, 2.75) is 31.8 Å². The van der Waals surface area contributed by atoms with Crippen LogP contribution >= 0.6 is 11.8 Å². The molecule has 0 radical (unpaired) electrons. The van der Waals surface area contributed by atoms with E-state index in [9.17, 15) is 4.79 Å². The van der Waals surface area contributed by atoms with E-state index in [1.165, 1.54) is 11.8 Å². The normalized spacial score (nSPS) is 10.8. The van der Waals surface area contributed by atoms with E-state index in [0.29, 0.717) is 18.4 Å². The monoisotopic (exact) mass is 399 g/mol. The maximum Gasteiger partial charge on any atom is 0.234 e. The Morgan fingerprint density at radius 3 is 2.64 bits per heavy atom. The Morgan fingerprint density at radius 1 is 1.11 bits per heavy atom. The minimum atomic E-state index is -0.0832. The van der Waals surface area contributed by atoms with Gasteiger partial charge in [-0.25, -0.2) is 4.98 Å². The highest BCUT2D eigenvalue weighted by molar-refractivity contribution is 7.99. The van der Waals surface area contributed by atoms with Gasteiger partial charge in [0.2, 0.25) is 5.91 Å². The molecular weight excluding hydrogens is 374 g/mol. The van der Waals surface area contributed by atoms with E-state index in [4.69, 9.17) is 9.47 Å². The van der Waals surface area contributed by atoms with E-state index in [0.717, 1.165) is 41.1 Å². The van der Waals surface area contributed by atoms with Gasteiger partial charge in [0.25, 0.3) is 0 Å². The number of unbranched alkanes of at least 4 members (excludes halogenated alkanes) is 1. The Bertz CT molecular complexity index is 909. The topological polar surface area (TPSA) is 76.2 Å². The number of hydrogen-bond donors (Lipinski definition) is 2. The number of thioether (sulfide) groups is 1. The van der Waals surface area contributed by atoms with Crippen LogP contribution in [0.1, 0.15) is 26.7 Å². The molecule has 28 heavy (non-hydrogen) atoms. The highest BCUT2D eigenvalue weighted by Gasteiger charge is 2.08. The molecule has 1 aromatic heterocycles. The summed E-state index contributed by atoms with van der Waals surface area (Å²) in [4.78, 5) is 19.9. The zero-order valence-corrected chi connectivity index (χ0v) is 17.0. The van der Waals surface area contributed by atoms with Crippen LogP contribution in [0.3, 0.4) is 0 Å². The van der Waals surface area contributed by atoms with Crippen molar-refractivity contribution in [1.29, 1.82) is 0 Å². The first-order chi connectivity index (χ1) is 13.7. The Labute approximate surface area is 169 Å². The van der Waals surface area contributed by atoms with Gasteiger partial charge in [-0.05, 0) is 49.7 Å². The Kier molecular flexibility index (Phi) is 7.19. The van der Waals surface area contributed by atoms with E-state index in [-0.39, 0.29) is 11.7 Å². The number of rotatable bonds is 10. The molecule has 0 aliphatic carbocycles. The number of ether oxygens (including phenoxy) is 2. The number of aromatic nitrogens is 2. The van der Waals surface area contributed by atoms with Gasteiger partial charge in [0.15, 0.2) is 5.16 Å². The fraction of sp³-hybridized carbons (Fsp3) is 0.333. The maximum absolute atomic E-state index is 12.2. The number of aromatic amines is 1. The number of hydrogen-bond acceptors (Lipinski definition) is 5. The molecule has 2 N–H and O–H groups in total. The summed E-state index contributed by atoms with van der Waals surface area (Å²) in [6, 6.07) is 13.1. The van der Waals surface area contributed by atoms with Crippen molar-refractivity contribution in [3.8, 4) is 11.5 Å². The molecule has 3 aromatic rings. The van der Waals surface area contributed by atoms with Gasteiger partial charge in [-0.2, -0.15) is 0 Å². The lowest BCUT2D eigenvalue weighted by Gasteiger charge is -2.07. The lowest BCUT2D eigenvalue weighted by molar-refractivity contribution is -0.113. The number of imidazole rings is 1. The van der Waals surface area contributed by atoms with Gasteiger partial charge in [-0.3, -0.25) is 4.79 Å². The molecule has 1 heterocycles. The number of anilines is 1. The molecule has 6 nitrogen and oxygen atoms in total. The fourth-order valence-electron chi connectivity index (χ4n) is 2.59. The van der Waals surface area contributed by atoms with Gasteiger partial charge in [-0.1, -0.05) is 25.1 Å². The van der Waals surface area contributed by atoms with Crippen molar-refractivity contribution >= 4 is 34.4 Å². The number of carbonyl (C=O) groups is 1. The predicted molar refractivity (Wildman–Crippen MR) is 113 cm³/mol. The first-order valence-corrected chi connectivity index (χ1v) is 10.4. The third-order valence-corrected chi connectivity index (χ3v) is 4.86. The molecule has 0 unspecified atom stereocenters. The SMILES string of the molecule is CCCCOc1ccc(NC(=O)CSc2nc3ccc(OCC)cc3[nH]2)cc1. The molecule has 7 heteroatoms. The van der Waals surface area contributed by atoms with E-state index < -0.39 is 0 Å². The maximum atomic E-state index is 12.2. The number of H-pyrrole nitrogens is 1. The number of fused-ring (bicyclic) bond motifs is 1. The van der Waals surface area contributed by atoms with Crippen LogP contribution in [0, 0.1) is 0 Å². The van der Waals surface area contributed by atoms with E-state index >= 15 is 0 Å². The van der Waals surface area contributed by atoms with E-state index in [2.05, 4.69) is 22.2 Å².